The largest absolute Gasteiger partial charge is 0.496 e. The molecule has 0 amide bonds. The van der Waals surface area contributed by atoms with Gasteiger partial charge in [0.15, 0.2) is 0 Å². The van der Waals surface area contributed by atoms with Gasteiger partial charge in [0.2, 0.25) is 0 Å². The number of alkyl halides is 2. The van der Waals surface area contributed by atoms with E-state index in [1.54, 1.807) is 25.3 Å². The Kier molecular flexibility index (Phi) is 5.85. The van der Waals surface area contributed by atoms with Gasteiger partial charge in [-0.15, -0.1) is 0 Å². The lowest BCUT2D eigenvalue weighted by atomic mass is 10.1. The molecular formula is C13H19F2NO2. The third-order valence-corrected chi connectivity index (χ3v) is 2.55. The van der Waals surface area contributed by atoms with Crippen molar-refractivity contribution in [1.29, 1.82) is 0 Å². The SMILES string of the molecule is CCNC(C)c1c(OC)cccc1OCC(F)F. The summed E-state index contributed by atoms with van der Waals surface area (Å²) in [6.45, 7) is 4.08. The van der Waals surface area contributed by atoms with Crippen molar-refractivity contribution in [3.63, 3.8) is 0 Å². The highest BCUT2D eigenvalue weighted by Crippen LogP contribution is 2.34. The zero-order valence-electron chi connectivity index (χ0n) is 10.9. The maximum atomic E-state index is 12.2. The molecule has 0 aliphatic rings. The standard InChI is InChI=1S/C13H19F2NO2/c1-4-16-9(2)13-10(17-3)6-5-7-11(13)18-8-12(14)15/h5-7,9,12,16H,4,8H2,1-3H3. The van der Waals surface area contributed by atoms with Crippen LogP contribution in [0.4, 0.5) is 8.78 Å². The van der Waals surface area contributed by atoms with E-state index in [4.69, 9.17) is 9.47 Å². The quantitative estimate of drug-likeness (QED) is 0.816. The minimum Gasteiger partial charge on any atom is -0.496 e. The van der Waals surface area contributed by atoms with Crippen molar-refractivity contribution in [2.75, 3.05) is 20.3 Å². The number of rotatable bonds is 7. The first-order valence-electron chi connectivity index (χ1n) is 5.91. The van der Waals surface area contributed by atoms with Gasteiger partial charge in [0, 0.05) is 6.04 Å². The molecule has 1 N–H and O–H groups in total. The fourth-order valence-electron chi connectivity index (χ4n) is 1.82. The van der Waals surface area contributed by atoms with E-state index in [0.717, 1.165) is 12.1 Å². The van der Waals surface area contributed by atoms with Crippen LogP contribution in [0, 0.1) is 0 Å². The molecule has 1 unspecified atom stereocenters. The van der Waals surface area contributed by atoms with Crippen LogP contribution < -0.4 is 14.8 Å². The lowest BCUT2D eigenvalue weighted by molar-refractivity contribution is 0.0810. The smallest absolute Gasteiger partial charge is 0.272 e. The number of nitrogens with one attached hydrogen (secondary N) is 1. The molecule has 1 aromatic rings. The van der Waals surface area contributed by atoms with Crippen molar-refractivity contribution in [2.24, 2.45) is 0 Å². The van der Waals surface area contributed by atoms with Gasteiger partial charge < -0.3 is 14.8 Å². The molecule has 18 heavy (non-hydrogen) atoms. The summed E-state index contributed by atoms with van der Waals surface area (Å²) in [6, 6.07) is 5.16. The maximum Gasteiger partial charge on any atom is 0.272 e. The van der Waals surface area contributed by atoms with Gasteiger partial charge in [-0.2, -0.15) is 0 Å². The Labute approximate surface area is 106 Å². The monoisotopic (exact) mass is 259 g/mol. The van der Waals surface area contributed by atoms with Crippen LogP contribution in [0.2, 0.25) is 0 Å². The Morgan fingerprint density at radius 1 is 1.28 bits per heavy atom. The highest BCUT2D eigenvalue weighted by molar-refractivity contribution is 5.46. The van der Waals surface area contributed by atoms with Gasteiger partial charge in [-0.05, 0) is 25.6 Å². The van der Waals surface area contributed by atoms with Gasteiger partial charge in [-0.25, -0.2) is 8.78 Å². The molecule has 0 heterocycles. The number of ether oxygens (including phenoxy) is 2. The van der Waals surface area contributed by atoms with E-state index in [9.17, 15) is 8.78 Å². The average molecular weight is 259 g/mol. The van der Waals surface area contributed by atoms with Gasteiger partial charge in [0.1, 0.15) is 18.1 Å². The van der Waals surface area contributed by atoms with Crippen LogP contribution >= 0.6 is 0 Å². The van der Waals surface area contributed by atoms with E-state index in [2.05, 4.69) is 5.32 Å². The first-order chi connectivity index (χ1) is 8.60. The van der Waals surface area contributed by atoms with Crippen LogP contribution in [-0.2, 0) is 0 Å². The second-order valence-electron chi connectivity index (χ2n) is 3.85. The molecule has 0 aromatic heterocycles. The van der Waals surface area contributed by atoms with Gasteiger partial charge in [-0.1, -0.05) is 13.0 Å². The van der Waals surface area contributed by atoms with Gasteiger partial charge >= 0.3 is 0 Å². The van der Waals surface area contributed by atoms with Crippen LogP contribution in [0.1, 0.15) is 25.5 Å². The average Bonchev–Trinajstić information content (AvgIpc) is 2.35. The van der Waals surface area contributed by atoms with Crippen molar-refractivity contribution in [1.82, 2.24) is 5.32 Å². The molecule has 0 saturated heterocycles. The molecule has 0 aliphatic carbocycles. The molecule has 1 atom stereocenters. The van der Waals surface area contributed by atoms with Crippen molar-refractivity contribution in [3.8, 4) is 11.5 Å². The minimum atomic E-state index is -2.49. The van der Waals surface area contributed by atoms with Crippen molar-refractivity contribution < 1.29 is 18.3 Å². The molecule has 0 spiro atoms. The lowest BCUT2D eigenvalue weighted by Crippen LogP contribution is -2.20. The minimum absolute atomic E-state index is 0.0289. The third-order valence-electron chi connectivity index (χ3n) is 2.55. The predicted molar refractivity (Wildman–Crippen MR) is 66.6 cm³/mol. The van der Waals surface area contributed by atoms with Crippen LogP contribution in [0.5, 0.6) is 11.5 Å². The summed E-state index contributed by atoms with van der Waals surface area (Å²) in [7, 11) is 1.55. The summed E-state index contributed by atoms with van der Waals surface area (Å²) in [6.07, 6.45) is -2.49. The summed E-state index contributed by atoms with van der Waals surface area (Å²) in [4.78, 5) is 0. The Hall–Kier alpha value is -1.36. The Morgan fingerprint density at radius 2 is 1.94 bits per heavy atom. The maximum absolute atomic E-state index is 12.2. The van der Waals surface area contributed by atoms with Crippen molar-refractivity contribution in [3.05, 3.63) is 23.8 Å². The van der Waals surface area contributed by atoms with E-state index < -0.39 is 13.0 Å². The number of hydrogen-bond donors (Lipinski definition) is 1. The Morgan fingerprint density at radius 3 is 2.50 bits per heavy atom. The summed E-state index contributed by atoms with van der Waals surface area (Å²) < 4.78 is 34.8. The molecule has 0 aliphatic heterocycles. The molecule has 0 bridgehead atoms. The van der Waals surface area contributed by atoms with E-state index in [1.807, 2.05) is 13.8 Å². The normalized spacial score (nSPS) is 12.6. The molecule has 1 aromatic carbocycles. The van der Waals surface area contributed by atoms with Gasteiger partial charge in [0.25, 0.3) is 6.43 Å². The molecule has 1 rings (SSSR count). The van der Waals surface area contributed by atoms with E-state index >= 15 is 0 Å². The van der Waals surface area contributed by atoms with E-state index in [0.29, 0.717) is 11.5 Å². The molecule has 102 valence electrons. The Bertz CT molecular complexity index is 372. The van der Waals surface area contributed by atoms with Crippen LogP contribution in [0.3, 0.4) is 0 Å². The summed E-state index contributed by atoms with van der Waals surface area (Å²) in [5.41, 5.74) is 0.766. The number of methoxy groups -OCH3 is 1. The van der Waals surface area contributed by atoms with Crippen LogP contribution in [0.15, 0.2) is 18.2 Å². The zero-order valence-corrected chi connectivity index (χ0v) is 10.9. The van der Waals surface area contributed by atoms with E-state index in [1.165, 1.54) is 0 Å². The van der Waals surface area contributed by atoms with Crippen LogP contribution in [0.25, 0.3) is 0 Å². The summed E-state index contributed by atoms with van der Waals surface area (Å²) in [5, 5.41) is 3.22. The number of halogens is 2. The highest BCUT2D eigenvalue weighted by Gasteiger charge is 2.17. The fourth-order valence-corrected chi connectivity index (χ4v) is 1.82. The lowest BCUT2D eigenvalue weighted by Gasteiger charge is -2.20. The molecule has 3 nitrogen and oxygen atoms in total. The first kappa shape index (κ1) is 14.7. The number of hydrogen-bond acceptors (Lipinski definition) is 3. The third kappa shape index (κ3) is 3.84. The first-order valence-corrected chi connectivity index (χ1v) is 5.91. The van der Waals surface area contributed by atoms with Crippen LogP contribution in [-0.4, -0.2) is 26.7 Å². The van der Waals surface area contributed by atoms with Crippen molar-refractivity contribution >= 4 is 0 Å². The fraction of sp³-hybridized carbons (Fsp3) is 0.538. The topological polar surface area (TPSA) is 30.5 Å². The molecule has 0 saturated carbocycles. The number of benzene rings is 1. The summed E-state index contributed by atoms with van der Waals surface area (Å²) in [5.74, 6) is 1.07. The highest BCUT2D eigenvalue weighted by atomic mass is 19.3. The van der Waals surface area contributed by atoms with Gasteiger partial charge in [-0.3, -0.25) is 0 Å². The molecule has 0 fully saturated rings. The Balaban J connectivity index is 3.00. The molecule has 5 heteroatoms. The summed E-state index contributed by atoms with van der Waals surface area (Å²) >= 11 is 0. The second kappa shape index (κ2) is 7.16. The second-order valence-corrected chi connectivity index (χ2v) is 3.85. The molecule has 0 radical (unpaired) electrons. The van der Waals surface area contributed by atoms with E-state index in [-0.39, 0.29) is 6.04 Å². The van der Waals surface area contributed by atoms with Gasteiger partial charge in [0.05, 0.1) is 12.7 Å². The van der Waals surface area contributed by atoms with Crippen molar-refractivity contribution in [2.45, 2.75) is 26.3 Å². The predicted octanol–water partition coefficient (Wildman–Crippen LogP) is 3.01. The molecular weight excluding hydrogens is 240 g/mol. The zero-order chi connectivity index (χ0) is 13.5.